The van der Waals surface area contributed by atoms with Crippen LogP contribution in [0.4, 0.5) is 4.79 Å². The molecule has 0 unspecified atom stereocenters. The van der Waals surface area contributed by atoms with Crippen molar-refractivity contribution in [2.24, 2.45) is 16.7 Å². The summed E-state index contributed by atoms with van der Waals surface area (Å²) in [7, 11) is 0. The van der Waals surface area contributed by atoms with E-state index >= 15 is 9.59 Å². The number of carboxylic acid groups (broad SMARTS) is 1. The largest absolute Gasteiger partial charge is 0.514 e. The van der Waals surface area contributed by atoms with Gasteiger partial charge in [-0.3, -0.25) is 19.2 Å². The van der Waals surface area contributed by atoms with Gasteiger partial charge in [-0.25, -0.2) is 19.2 Å². The number of esters is 4. The van der Waals surface area contributed by atoms with Gasteiger partial charge in [0.05, 0.1) is 35.2 Å². The Morgan fingerprint density at radius 2 is 1.35 bits per heavy atom. The van der Waals surface area contributed by atoms with Crippen LogP contribution in [0.25, 0.3) is 0 Å². The highest BCUT2D eigenvalue weighted by molar-refractivity contribution is 5.96. The van der Waals surface area contributed by atoms with Crippen LogP contribution in [0.1, 0.15) is 97.1 Å². The normalized spacial score (nSPS) is 28.4. The van der Waals surface area contributed by atoms with Crippen molar-refractivity contribution in [2.45, 2.75) is 108 Å². The zero-order valence-corrected chi connectivity index (χ0v) is 41.2. The fourth-order valence-corrected chi connectivity index (χ4v) is 11.2. The maximum absolute atomic E-state index is 15.7. The highest BCUT2D eigenvalue weighted by Gasteiger charge is 2.78. The molecule has 1 amide bonds. The Morgan fingerprint density at radius 3 is 1.91 bits per heavy atom. The van der Waals surface area contributed by atoms with Gasteiger partial charge in [-0.2, -0.15) is 0 Å². The van der Waals surface area contributed by atoms with Crippen LogP contribution in [0, 0.1) is 16.7 Å². The summed E-state index contributed by atoms with van der Waals surface area (Å²) in [4.78, 5) is 111. The van der Waals surface area contributed by atoms with Gasteiger partial charge >= 0.3 is 36.0 Å². The molecule has 1 aliphatic heterocycles. The number of hydrogen-bond acceptors (Lipinski definition) is 17. The van der Waals surface area contributed by atoms with Crippen LogP contribution in [0.15, 0.2) is 126 Å². The highest BCUT2D eigenvalue weighted by Crippen LogP contribution is 2.64. The summed E-state index contributed by atoms with van der Waals surface area (Å²) >= 11 is 0. The molecule has 8 rings (SSSR count). The Labute approximate surface area is 424 Å². The number of ketones is 1. The summed E-state index contributed by atoms with van der Waals surface area (Å²) in [6.45, 7) is 7.66. The van der Waals surface area contributed by atoms with E-state index in [1.165, 1.54) is 64.1 Å². The first kappa shape index (κ1) is 52.6. The van der Waals surface area contributed by atoms with Gasteiger partial charge in [0.15, 0.2) is 17.5 Å². The zero-order chi connectivity index (χ0) is 53.5. The molecule has 4 aliphatic rings. The van der Waals surface area contributed by atoms with E-state index in [1.807, 2.05) is 0 Å². The van der Waals surface area contributed by atoms with Crippen LogP contribution in [0.2, 0.25) is 0 Å². The molecule has 2 bridgehead atoms. The third-order valence-corrected chi connectivity index (χ3v) is 15.0. The Morgan fingerprint density at radius 1 is 0.757 bits per heavy atom. The lowest BCUT2D eigenvalue weighted by atomic mass is 9.44. The summed E-state index contributed by atoms with van der Waals surface area (Å²) < 4.78 is 41.9. The predicted octanol–water partition coefficient (Wildman–Crippen LogP) is 5.66. The van der Waals surface area contributed by atoms with Gasteiger partial charge in [0.1, 0.15) is 35.7 Å². The zero-order valence-electron chi connectivity index (χ0n) is 41.2. The molecule has 388 valence electrons. The molecule has 2 saturated carbocycles. The number of fused-ring (bicyclic) bond motifs is 5. The van der Waals surface area contributed by atoms with Crippen molar-refractivity contribution in [3.05, 3.63) is 149 Å². The number of hydrogen-bond donors (Lipinski definition) is 4. The lowest BCUT2D eigenvalue weighted by molar-refractivity contribution is -0.346. The summed E-state index contributed by atoms with van der Waals surface area (Å²) in [6.07, 6.45) is -12.8. The first-order valence-electron chi connectivity index (χ1n) is 23.8. The molecule has 3 fully saturated rings. The topological polar surface area (TPSA) is 274 Å². The number of Topliss-reactive ketones (excluding diaryl/α,β-unsaturated/α-hetero) is 1. The third kappa shape index (κ3) is 9.42. The monoisotopic (exact) mass is 1020 g/mol. The fourth-order valence-electron chi connectivity index (χ4n) is 11.2. The molecule has 0 radical (unpaired) electrons. The molecule has 0 spiro atoms. The number of benzene rings is 4. The number of ether oxygens (including phenoxy) is 7. The smallest absolute Gasteiger partial charge is 0.478 e. The average Bonchev–Trinajstić information content (AvgIpc) is 3.37. The summed E-state index contributed by atoms with van der Waals surface area (Å²) in [5.74, 6) is -8.84. The standard InChI is InChI=1S/C55H55NO18/c1-29-37(71-50(65)43(72-51(66)70-36-24-22-34(23-25-36)48(62)63)41(32-16-10-7-11-17-32)56-47(61)33-18-12-8-13-19-33)27-55(67)46(73-49(64)35-20-14-9-15-21-35)44-53(6,38(59)26-39-54(44,28-68-39)74-31(3)58)45(60)42(69-30(2)57)40(29)52(55,4)5/h7-25,37-39,41-44,46,59,67H,26-28H2,1-6H3,(H,56,61)(H,62,63)/t37-,38-,39+,41-,42+,43+,44-,46-,53+,54-,55+/m0/s1. The first-order chi connectivity index (χ1) is 35.0. The van der Waals surface area contributed by atoms with Gasteiger partial charge < -0.3 is 53.8 Å². The summed E-state index contributed by atoms with van der Waals surface area (Å²) in [6, 6.07) is 26.7. The molecule has 1 saturated heterocycles. The average molecular weight is 1020 g/mol. The lowest BCUT2D eigenvalue weighted by Crippen LogP contribution is -2.82. The minimum atomic E-state index is -2.52. The number of carboxylic acids is 1. The number of carbonyl (C=O) groups is 8. The van der Waals surface area contributed by atoms with Gasteiger partial charge in [-0.1, -0.05) is 80.6 Å². The summed E-state index contributed by atoms with van der Waals surface area (Å²) in [5.41, 5.74) is -8.04. The molecular weight excluding hydrogens is 963 g/mol. The maximum atomic E-state index is 15.7. The predicted molar refractivity (Wildman–Crippen MR) is 256 cm³/mol. The number of amides is 1. The van der Waals surface area contributed by atoms with Gasteiger partial charge in [0, 0.05) is 37.7 Å². The van der Waals surface area contributed by atoms with E-state index in [-0.39, 0.29) is 52.2 Å². The fraction of sp³-hybridized carbons (Fsp3) is 0.382. The van der Waals surface area contributed by atoms with Crippen LogP contribution in [0.5, 0.6) is 5.75 Å². The molecule has 0 aromatic heterocycles. The van der Waals surface area contributed by atoms with Gasteiger partial charge in [0.2, 0.25) is 6.10 Å². The molecule has 19 nitrogen and oxygen atoms in total. The van der Waals surface area contributed by atoms with Crippen LogP contribution < -0.4 is 10.1 Å². The second-order valence-electron chi connectivity index (χ2n) is 19.6. The quantitative estimate of drug-likeness (QED) is 0.0544. The Balaban J connectivity index is 1.29. The number of aliphatic hydroxyl groups excluding tert-OH is 1. The van der Waals surface area contributed by atoms with Gasteiger partial charge in [-0.05, 0) is 79.1 Å². The van der Waals surface area contributed by atoms with E-state index in [1.54, 1.807) is 66.7 Å². The number of aliphatic hydroxyl groups is 2. The maximum Gasteiger partial charge on any atom is 0.514 e. The Kier molecular flexibility index (Phi) is 14.4. The van der Waals surface area contributed by atoms with E-state index < -0.39 is 125 Å². The van der Waals surface area contributed by atoms with E-state index in [9.17, 15) is 44.1 Å². The number of carbonyl (C=O) groups excluding carboxylic acids is 7. The van der Waals surface area contributed by atoms with E-state index in [2.05, 4.69) is 5.32 Å². The van der Waals surface area contributed by atoms with Crippen molar-refractivity contribution in [2.75, 3.05) is 6.61 Å². The first-order valence-corrected chi connectivity index (χ1v) is 23.8. The minimum Gasteiger partial charge on any atom is -0.478 e. The van der Waals surface area contributed by atoms with Crippen molar-refractivity contribution >= 4 is 47.7 Å². The van der Waals surface area contributed by atoms with Crippen molar-refractivity contribution in [3.8, 4) is 5.75 Å². The Bertz CT molecular complexity index is 2890. The van der Waals surface area contributed by atoms with Crippen molar-refractivity contribution in [1.82, 2.24) is 5.32 Å². The molecule has 4 aromatic carbocycles. The van der Waals surface area contributed by atoms with Crippen molar-refractivity contribution < 1.29 is 86.8 Å². The van der Waals surface area contributed by atoms with E-state index in [0.717, 1.165) is 26.0 Å². The third-order valence-electron chi connectivity index (χ3n) is 15.0. The summed E-state index contributed by atoms with van der Waals surface area (Å²) in [5, 5.41) is 38.3. The highest BCUT2D eigenvalue weighted by atomic mass is 16.7. The van der Waals surface area contributed by atoms with Crippen LogP contribution in [0.3, 0.4) is 0 Å². The lowest BCUT2D eigenvalue weighted by Gasteiger charge is -2.67. The van der Waals surface area contributed by atoms with Gasteiger partial charge in [-0.15, -0.1) is 0 Å². The molecular formula is C55H55NO18. The molecule has 19 heteroatoms. The van der Waals surface area contributed by atoms with E-state index in [0.29, 0.717) is 0 Å². The molecule has 11 atom stereocenters. The molecule has 3 aliphatic carbocycles. The van der Waals surface area contributed by atoms with Crippen molar-refractivity contribution in [1.29, 1.82) is 0 Å². The van der Waals surface area contributed by atoms with Crippen LogP contribution in [-0.2, 0) is 47.6 Å². The van der Waals surface area contributed by atoms with Crippen molar-refractivity contribution in [3.63, 3.8) is 0 Å². The molecule has 74 heavy (non-hydrogen) atoms. The van der Waals surface area contributed by atoms with Gasteiger partial charge in [0.25, 0.3) is 5.91 Å². The molecule has 1 heterocycles. The number of rotatable bonds is 13. The second kappa shape index (κ2) is 20.3. The molecule has 4 aromatic rings. The molecule has 4 N–H and O–H groups in total. The number of nitrogens with one attached hydrogen (secondary N) is 1. The van der Waals surface area contributed by atoms with Crippen LogP contribution >= 0.6 is 0 Å². The van der Waals surface area contributed by atoms with Crippen LogP contribution in [-0.4, -0.2) is 117 Å². The van der Waals surface area contributed by atoms with E-state index in [4.69, 9.17) is 33.2 Å². The SMILES string of the molecule is CC(=O)O[C@H]1C(=O)[C@@]2(C)[C@H]([C@H](OC(=O)c3ccccc3)[C@]3(O)C[C@H](OC(=O)[C@H](OC(=O)Oc4ccc(C(=O)O)cc4)[C@@H](NC(=O)c4ccccc4)c4ccccc4)C(C)=C1C3(C)C)[C@]1(OC(C)=O)CO[C@@H]1C[C@@H]2O. The Hall–Kier alpha value is -7.74. The number of aromatic carboxylic acids is 1. The minimum absolute atomic E-state index is 0.0148. The second-order valence-corrected chi connectivity index (χ2v) is 19.6.